The van der Waals surface area contributed by atoms with Gasteiger partial charge in [0.25, 0.3) is 0 Å². The van der Waals surface area contributed by atoms with Crippen LogP contribution >= 0.6 is 0 Å². The quantitative estimate of drug-likeness (QED) is 0.618. The second kappa shape index (κ2) is 4.27. The van der Waals surface area contributed by atoms with Crippen LogP contribution in [0.1, 0.15) is 46.5 Å². The lowest BCUT2D eigenvalue weighted by Gasteiger charge is -2.25. The maximum atomic E-state index is 5.45. The van der Waals surface area contributed by atoms with Crippen LogP contribution in [-0.4, -0.2) is 13.2 Å². The van der Waals surface area contributed by atoms with Crippen molar-refractivity contribution < 1.29 is 4.74 Å². The van der Waals surface area contributed by atoms with Crippen molar-refractivity contribution in [3.8, 4) is 0 Å². The average Bonchev–Trinajstić information content (AvgIpc) is 2.02. The Labute approximate surface area is 76.5 Å². The van der Waals surface area contributed by atoms with Gasteiger partial charge in [0.1, 0.15) is 0 Å². The summed E-state index contributed by atoms with van der Waals surface area (Å²) in [7, 11) is 0. The molecule has 1 aliphatic heterocycles. The van der Waals surface area contributed by atoms with Crippen LogP contribution in [0.2, 0.25) is 0 Å². The molecular weight excluding hydrogens is 148 g/mol. The van der Waals surface area contributed by atoms with Gasteiger partial charge < -0.3 is 4.74 Å². The zero-order chi connectivity index (χ0) is 9.03. The SMILES string of the molecule is CC(C)(C)CC[C@H]1CCCOC1. The highest BCUT2D eigenvalue weighted by atomic mass is 16.5. The van der Waals surface area contributed by atoms with E-state index >= 15 is 0 Å². The molecule has 0 aliphatic carbocycles. The van der Waals surface area contributed by atoms with Crippen molar-refractivity contribution in [3.05, 3.63) is 0 Å². The number of hydrogen-bond donors (Lipinski definition) is 0. The highest BCUT2D eigenvalue weighted by molar-refractivity contribution is 4.68. The first-order chi connectivity index (χ1) is 5.58. The Bertz CT molecular complexity index is 117. The minimum Gasteiger partial charge on any atom is -0.381 e. The molecule has 0 N–H and O–H groups in total. The Balaban J connectivity index is 2.13. The molecular formula is C11H22O. The third-order valence-corrected chi connectivity index (χ3v) is 2.56. The van der Waals surface area contributed by atoms with Gasteiger partial charge >= 0.3 is 0 Å². The van der Waals surface area contributed by atoms with Crippen LogP contribution in [0.25, 0.3) is 0 Å². The summed E-state index contributed by atoms with van der Waals surface area (Å²) in [5.74, 6) is 0.845. The molecule has 0 saturated carbocycles. The van der Waals surface area contributed by atoms with Gasteiger partial charge in [0.05, 0.1) is 0 Å². The van der Waals surface area contributed by atoms with Crippen molar-refractivity contribution >= 4 is 0 Å². The fraction of sp³-hybridized carbons (Fsp3) is 1.00. The Kier molecular flexibility index (Phi) is 3.57. The molecule has 1 aliphatic rings. The van der Waals surface area contributed by atoms with E-state index in [0.717, 1.165) is 19.1 Å². The molecule has 1 heteroatoms. The highest BCUT2D eigenvalue weighted by Crippen LogP contribution is 2.27. The van der Waals surface area contributed by atoms with E-state index in [1.165, 1.54) is 25.7 Å². The van der Waals surface area contributed by atoms with E-state index in [9.17, 15) is 0 Å². The van der Waals surface area contributed by atoms with Crippen LogP contribution in [0.15, 0.2) is 0 Å². The summed E-state index contributed by atoms with van der Waals surface area (Å²) in [5, 5.41) is 0. The maximum absolute atomic E-state index is 5.45. The lowest BCUT2D eigenvalue weighted by atomic mass is 9.85. The van der Waals surface area contributed by atoms with E-state index in [4.69, 9.17) is 4.74 Å². The van der Waals surface area contributed by atoms with E-state index in [0.29, 0.717) is 5.41 Å². The van der Waals surface area contributed by atoms with Crippen molar-refractivity contribution in [2.24, 2.45) is 11.3 Å². The van der Waals surface area contributed by atoms with Crippen molar-refractivity contribution in [2.75, 3.05) is 13.2 Å². The van der Waals surface area contributed by atoms with E-state index in [1.54, 1.807) is 0 Å². The summed E-state index contributed by atoms with van der Waals surface area (Å²) in [6.45, 7) is 8.95. The van der Waals surface area contributed by atoms with Gasteiger partial charge in [0.15, 0.2) is 0 Å². The molecule has 1 heterocycles. The Morgan fingerprint density at radius 3 is 2.58 bits per heavy atom. The molecule has 0 aromatic heterocycles. The van der Waals surface area contributed by atoms with Gasteiger partial charge in [-0.25, -0.2) is 0 Å². The molecule has 0 radical (unpaired) electrons. The Morgan fingerprint density at radius 2 is 2.08 bits per heavy atom. The minimum absolute atomic E-state index is 0.497. The van der Waals surface area contributed by atoms with Crippen LogP contribution < -0.4 is 0 Å². The number of rotatable bonds is 2. The summed E-state index contributed by atoms with van der Waals surface area (Å²) < 4.78 is 5.45. The van der Waals surface area contributed by atoms with Crippen LogP contribution in [-0.2, 0) is 4.74 Å². The zero-order valence-electron chi connectivity index (χ0n) is 8.73. The standard InChI is InChI=1S/C11H22O/c1-11(2,3)7-6-10-5-4-8-12-9-10/h10H,4-9H2,1-3H3/t10-/m1/s1. The van der Waals surface area contributed by atoms with Gasteiger partial charge in [0.2, 0.25) is 0 Å². The van der Waals surface area contributed by atoms with Crippen LogP contribution in [0.5, 0.6) is 0 Å². The van der Waals surface area contributed by atoms with Gasteiger partial charge in [0, 0.05) is 13.2 Å². The molecule has 1 rings (SSSR count). The van der Waals surface area contributed by atoms with E-state index in [-0.39, 0.29) is 0 Å². The summed E-state index contributed by atoms with van der Waals surface area (Å²) in [6, 6.07) is 0. The van der Waals surface area contributed by atoms with Crippen LogP contribution in [0.4, 0.5) is 0 Å². The topological polar surface area (TPSA) is 9.23 Å². The molecule has 1 fully saturated rings. The first-order valence-electron chi connectivity index (χ1n) is 5.16. The van der Waals surface area contributed by atoms with Crippen LogP contribution in [0, 0.1) is 11.3 Å². The van der Waals surface area contributed by atoms with Crippen molar-refractivity contribution in [2.45, 2.75) is 46.5 Å². The fourth-order valence-corrected chi connectivity index (χ4v) is 1.67. The second-order valence-corrected chi connectivity index (χ2v) is 5.18. The summed E-state index contributed by atoms with van der Waals surface area (Å²) in [6.07, 6.45) is 5.34. The second-order valence-electron chi connectivity index (χ2n) is 5.18. The molecule has 0 aromatic rings. The predicted molar refractivity (Wildman–Crippen MR) is 52.2 cm³/mol. The van der Waals surface area contributed by atoms with Crippen LogP contribution in [0.3, 0.4) is 0 Å². The maximum Gasteiger partial charge on any atom is 0.0494 e. The molecule has 1 nitrogen and oxygen atoms in total. The average molecular weight is 170 g/mol. The van der Waals surface area contributed by atoms with Gasteiger partial charge in [-0.3, -0.25) is 0 Å². The lowest BCUT2D eigenvalue weighted by molar-refractivity contribution is 0.0474. The smallest absolute Gasteiger partial charge is 0.0494 e. The molecule has 0 bridgehead atoms. The molecule has 0 unspecified atom stereocenters. The summed E-state index contributed by atoms with van der Waals surface area (Å²) in [5.41, 5.74) is 0.497. The largest absolute Gasteiger partial charge is 0.381 e. The summed E-state index contributed by atoms with van der Waals surface area (Å²) >= 11 is 0. The molecule has 1 atom stereocenters. The minimum atomic E-state index is 0.497. The normalized spacial score (nSPS) is 25.8. The van der Waals surface area contributed by atoms with Gasteiger partial charge in [-0.1, -0.05) is 20.8 Å². The van der Waals surface area contributed by atoms with E-state index in [1.807, 2.05) is 0 Å². The monoisotopic (exact) mass is 170 g/mol. The molecule has 0 spiro atoms. The Morgan fingerprint density at radius 1 is 1.33 bits per heavy atom. The van der Waals surface area contributed by atoms with Gasteiger partial charge in [-0.15, -0.1) is 0 Å². The van der Waals surface area contributed by atoms with Gasteiger partial charge in [-0.2, -0.15) is 0 Å². The molecule has 0 aromatic carbocycles. The predicted octanol–water partition coefficient (Wildman–Crippen LogP) is 3.24. The first-order valence-corrected chi connectivity index (χ1v) is 5.16. The van der Waals surface area contributed by atoms with E-state index < -0.39 is 0 Å². The third kappa shape index (κ3) is 4.10. The third-order valence-electron chi connectivity index (χ3n) is 2.56. The van der Waals surface area contributed by atoms with Crippen molar-refractivity contribution in [1.82, 2.24) is 0 Å². The van der Waals surface area contributed by atoms with Crippen molar-refractivity contribution in [3.63, 3.8) is 0 Å². The highest BCUT2D eigenvalue weighted by Gasteiger charge is 2.17. The molecule has 1 saturated heterocycles. The summed E-state index contributed by atoms with van der Waals surface area (Å²) in [4.78, 5) is 0. The Hall–Kier alpha value is -0.0400. The lowest BCUT2D eigenvalue weighted by Crippen LogP contribution is -2.19. The fourth-order valence-electron chi connectivity index (χ4n) is 1.67. The number of hydrogen-bond acceptors (Lipinski definition) is 1. The first kappa shape index (κ1) is 10.0. The molecule has 0 amide bonds. The van der Waals surface area contributed by atoms with Gasteiger partial charge in [-0.05, 0) is 37.0 Å². The molecule has 12 heavy (non-hydrogen) atoms. The zero-order valence-corrected chi connectivity index (χ0v) is 8.73. The van der Waals surface area contributed by atoms with E-state index in [2.05, 4.69) is 20.8 Å². The van der Waals surface area contributed by atoms with Crippen molar-refractivity contribution in [1.29, 1.82) is 0 Å². The number of ether oxygens (including phenoxy) is 1. The molecule has 72 valence electrons.